The Morgan fingerprint density at radius 3 is 2.30 bits per heavy atom. The lowest BCUT2D eigenvalue weighted by atomic mass is 10.1. The summed E-state index contributed by atoms with van der Waals surface area (Å²) in [5, 5.41) is 3.84. The van der Waals surface area contributed by atoms with Crippen LogP contribution in [0.15, 0.2) is 47.0 Å². The summed E-state index contributed by atoms with van der Waals surface area (Å²) in [6.07, 6.45) is 0. The van der Waals surface area contributed by atoms with E-state index in [0.717, 1.165) is 23.3 Å². The van der Waals surface area contributed by atoms with E-state index in [2.05, 4.69) is 10.1 Å². The third-order valence-corrected chi connectivity index (χ3v) is 2.90. The molecule has 0 saturated heterocycles. The normalized spacial score (nSPS) is 10.8. The molecule has 0 atom stereocenters. The van der Waals surface area contributed by atoms with Gasteiger partial charge in [-0.2, -0.15) is 4.98 Å². The molecule has 1 heterocycles. The number of benzene rings is 2. The van der Waals surface area contributed by atoms with Crippen molar-refractivity contribution in [3.05, 3.63) is 59.7 Å². The van der Waals surface area contributed by atoms with Crippen molar-refractivity contribution in [3.63, 3.8) is 0 Å². The molecule has 0 aliphatic heterocycles. The van der Waals surface area contributed by atoms with Crippen LogP contribution in [-0.4, -0.2) is 10.1 Å². The highest BCUT2D eigenvalue weighted by atomic mass is 19.2. The fourth-order valence-corrected chi connectivity index (χ4v) is 1.79. The number of nitrogens with zero attached hydrogens (tertiary/aromatic N) is 2. The minimum absolute atomic E-state index is 0.152. The van der Waals surface area contributed by atoms with Crippen molar-refractivity contribution in [2.45, 2.75) is 6.92 Å². The minimum atomic E-state index is -0.947. The third kappa shape index (κ3) is 2.30. The van der Waals surface area contributed by atoms with Gasteiger partial charge in [-0.05, 0) is 25.1 Å². The zero-order valence-electron chi connectivity index (χ0n) is 10.6. The van der Waals surface area contributed by atoms with Gasteiger partial charge in [0.15, 0.2) is 11.6 Å². The van der Waals surface area contributed by atoms with Crippen LogP contribution < -0.4 is 0 Å². The first-order chi connectivity index (χ1) is 9.63. The molecule has 0 saturated carbocycles. The van der Waals surface area contributed by atoms with Gasteiger partial charge in [-0.1, -0.05) is 35.0 Å². The molecule has 20 heavy (non-hydrogen) atoms. The van der Waals surface area contributed by atoms with Gasteiger partial charge in [0.25, 0.3) is 5.89 Å². The van der Waals surface area contributed by atoms with Crippen molar-refractivity contribution in [2.75, 3.05) is 0 Å². The molecule has 0 bridgehead atoms. The van der Waals surface area contributed by atoms with Crippen LogP contribution >= 0.6 is 0 Å². The largest absolute Gasteiger partial charge is 0.334 e. The average molecular weight is 272 g/mol. The first kappa shape index (κ1) is 12.5. The maximum atomic E-state index is 13.2. The molecule has 0 spiro atoms. The van der Waals surface area contributed by atoms with Crippen LogP contribution in [0.25, 0.3) is 22.8 Å². The molecule has 3 nitrogen and oxygen atoms in total. The predicted octanol–water partition coefficient (Wildman–Crippen LogP) is 3.99. The molecular formula is C15H10F2N2O. The van der Waals surface area contributed by atoms with E-state index < -0.39 is 11.6 Å². The molecule has 2 aromatic carbocycles. The molecule has 0 aliphatic rings. The molecule has 5 heteroatoms. The topological polar surface area (TPSA) is 38.9 Å². The molecule has 0 aliphatic carbocycles. The van der Waals surface area contributed by atoms with Gasteiger partial charge in [-0.25, -0.2) is 8.78 Å². The molecular weight excluding hydrogens is 262 g/mol. The van der Waals surface area contributed by atoms with Crippen LogP contribution in [0.3, 0.4) is 0 Å². The second-order valence-electron chi connectivity index (χ2n) is 4.42. The van der Waals surface area contributed by atoms with Gasteiger partial charge in [-0.3, -0.25) is 0 Å². The fourth-order valence-electron chi connectivity index (χ4n) is 1.79. The van der Waals surface area contributed by atoms with Crippen molar-refractivity contribution in [2.24, 2.45) is 0 Å². The zero-order chi connectivity index (χ0) is 14.1. The average Bonchev–Trinajstić information content (AvgIpc) is 2.92. The Bertz CT molecular complexity index is 751. The second-order valence-corrected chi connectivity index (χ2v) is 4.42. The molecule has 1 aromatic heterocycles. The van der Waals surface area contributed by atoms with Crippen LogP contribution in [0.5, 0.6) is 0 Å². The minimum Gasteiger partial charge on any atom is -0.334 e. The number of aryl methyl sites for hydroxylation is 1. The van der Waals surface area contributed by atoms with E-state index >= 15 is 0 Å². The van der Waals surface area contributed by atoms with Gasteiger partial charge in [0.2, 0.25) is 5.82 Å². The van der Waals surface area contributed by atoms with E-state index in [-0.39, 0.29) is 5.89 Å². The zero-order valence-corrected chi connectivity index (χ0v) is 10.6. The summed E-state index contributed by atoms with van der Waals surface area (Å²) in [4.78, 5) is 4.18. The van der Waals surface area contributed by atoms with Crippen LogP contribution in [0, 0.1) is 18.6 Å². The Balaban J connectivity index is 1.97. The summed E-state index contributed by atoms with van der Waals surface area (Å²) in [7, 11) is 0. The van der Waals surface area contributed by atoms with E-state index in [9.17, 15) is 8.78 Å². The van der Waals surface area contributed by atoms with Gasteiger partial charge < -0.3 is 4.52 Å². The maximum absolute atomic E-state index is 13.2. The summed E-state index contributed by atoms with van der Waals surface area (Å²) in [5.41, 5.74) is 2.26. The number of hydrogen-bond acceptors (Lipinski definition) is 3. The molecule has 0 unspecified atom stereocenters. The van der Waals surface area contributed by atoms with Gasteiger partial charge in [-0.15, -0.1) is 0 Å². The summed E-state index contributed by atoms with van der Waals surface area (Å²) < 4.78 is 31.1. The Hall–Kier alpha value is -2.56. The van der Waals surface area contributed by atoms with Crippen molar-refractivity contribution in [1.29, 1.82) is 0 Å². The van der Waals surface area contributed by atoms with E-state index in [0.29, 0.717) is 11.4 Å². The highest BCUT2D eigenvalue weighted by Gasteiger charge is 2.12. The van der Waals surface area contributed by atoms with Gasteiger partial charge in [0.1, 0.15) is 0 Å². The Kier molecular flexibility index (Phi) is 3.02. The Labute approximate surface area is 113 Å². The molecule has 0 fully saturated rings. The summed E-state index contributed by atoms with van der Waals surface area (Å²) in [6, 6.07) is 11.1. The van der Waals surface area contributed by atoms with Crippen molar-refractivity contribution < 1.29 is 13.3 Å². The van der Waals surface area contributed by atoms with E-state index in [4.69, 9.17) is 4.52 Å². The molecule has 0 N–H and O–H groups in total. The number of rotatable bonds is 2. The maximum Gasteiger partial charge on any atom is 0.258 e. The summed E-state index contributed by atoms with van der Waals surface area (Å²) in [6.45, 7) is 1.98. The van der Waals surface area contributed by atoms with E-state index in [1.165, 1.54) is 6.07 Å². The van der Waals surface area contributed by atoms with Gasteiger partial charge >= 0.3 is 0 Å². The lowest BCUT2D eigenvalue weighted by Gasteiger charge is -1.96. The van der Waals surface area contributed by atoms with Gasteiger partial charge in [0.05, 0.1) is 0 Å². The summed E-state index contributed by atoms with van der Waals surface area (Å²) >= 11 is 0. The van der Waals surface area contributed by atoms with Crippen molar-refractivity contribution in [3.8, 4) is 22.8 Å². The quantitative estimate of drug-likeness (QED) is 0.708. The third-order valence-electron chi connectivity index (χ3n) is 2.90. The Morgan fingerprint density at radius 1 is 0.900 bits per heavy atom. The van der Waals surface area contributed by atoms with Crippen molar-refractivity contribution >= 4 is 0 Å². The first-order valence-corrected chi connectivity index (χ1v) is 5.99. The standard InChI is InChI=1S/C15H10F2N2O/c1-9-2-4-10(5-3-9)14-18-15(20-19-14)11-6-7-12(16)13(17)8-11/h2-8H,1H3. The molecule has 0 amide bonds. The van der Waals surface area contributed by atoms with Crippen LogP contribution in [0.4, 0.5) is 8.78 Å². The smallest absolute Gasteiger partial charge is 0.258 e. The number of halogens is 2. The van der Waals surface area contributed by atoms with Crippen LogP contribution in [0.1, 0.15) is 5.56 Å². The lowest BCUT2D eigenvalue weighted by molar-refractivity contribution is 0.431. The monoisotopic (exact) mass is 272 g/mol. The lowest BCUT2D eigenvalue weighted by Crippen LogP contribution is -1.86. The first-order valence-electron chi connectivity index (χ1n) is 5.99. The fraction of sp³-hybridized carbons (Fsp3) is 0.0667. The number of hydrogen-bond donors (Lipinski definition) is 0. The molecule has 100 valence electrons. The highest BCUT2D eigenvalue weighted by molar-refractivity contribution is 5.59. The highest BCUT2D eigenvalue weighted by Crippen LogP contribution is 2.23. The van der Waals surface area contributed by atoms with Crippen LogP contribution in [-0.2, 0) is 0 Å². The molecule has 3 rings (SSSR count). The number of aromatic nitrogens is 2. The van der Waals surface area contributed by atoms with Crippen LogP contribution in [0.2, 0.25) is 0 Å². The Morgan fingerprint density at radius 2 is 1.60 bits per heavy atom. The van der Waals surface area contributed by atoms with Gasteiger partial charge in [0, 0.05) is 11.1 Å². The SMILES string of the molecule is Cc1ccc(-c2noc(-c3ccc(F)c(F)c3)n2)cc1. The van der Waals surface area contributed by atoms with E-state index in [1.54, 1.807) is 0 Å². The summed E-state index contributed by atoms with van der Waals surface area (Å²) in [5.74, 6) is -1.30. The predicted molar refractivity (Wildman–Crippen MR) is 69.8 cm³/mol. The molecule has 3 aromatic rings. The van der Waals surface area contributed by atoms with E-state index in [1.807, 2.05) is 31.2 Å². The molecule has 0 radical (unpaired) electrons. The second kappa shape index (κ2) is 4.85. The van der Waals surface area contributed by atoms with Crippen molar-refractivity contribution in [1.82, 2.24) is 10.1 Å².